The number of amides is 1. The predicted octanol–water partition coefficient (Wildman–Crippen LogP) is 0.804. The van der Waals surface area contributed by atoms with E-state index in [1.165, 1.54) is 0 Å². The summed E-state index contributed by atoms with van der Waals surface area (Å²) >= 11 is 0. The van der Waals surface area contributed by atoms with E-state index in [2.05, 4.69) is 14.8 Å². The molecule has 0 unspecified atom stereocenters. The van der Waals surface area contributed by atoms with Gasteiger partial charge in [-0.05, 0) is 12.1 Å². The summed E-state index contributed by atoms with van der Waals surface area (Å²) in [6.45, 7) is 7.60. The topological polar surface area (TPSA) is 62.1 Å². The summed E-state index contributed by atoms with van der Waals surface area (Å²) in [5.41, 5.74) is 1.73. The lowest BCUT2D eigenvalue weighted by atomic mass is 10.3. The average Bonchev–Trinajstić information content (AvgIpc) is 3.05. The van der Waals surface area contributed by atoms with Crippen LogP contribution in [-0.4, -0.2) is 84.6 Å². The SMILES string of the molecule is O=C(CN1CCOCC1)N1CCN(Cc2nc3ccccc3o2)CC1. The zero-order chi connectivity index (χ0) is 17.1. The zero-order valence-electron chi connectivity index (χ0n) is 14.4. The van der Waals surface area contributed by atoms with Gasteiger partial charge in [0, 0.05) is 39.3 Å². The van der Waals surface area contributed by atoms with Crippen LogP contribution >= 0.6 is 0 Å². The zero-order valence-corrected chi connectivity index (χ0v) is 14.4. The largest absolute Gasteiger partial charge is 0.439 e. The van der Waals surface area contributed by atoms with E-state index in [9.17, 15) is 4.79 Å². The minimum Gasteiger partial charge on any atom is -0.439 e. The average molecular weight is 344 g/mol. The molecule has 0 saturated carbocycles. The summed E-state index contributed by atoms with van der Waals surface area (Å²) in [7, 11) is 0. The lowest BCUT2D eigenvalue weighted by Crippen LogP contribution is -2.52. The molecule has 0 atom stereocenters. The summed E-state index contributed by atoms with van der Waals surface area (Å²) in [6, 6.07) is 7.82. The van der Waals surface area contributed by atoms with Gasteiger partial charge in [0.15, 0.2) is 5.58 Å². The van der Waals surface area contributed by atoms with Gasteiger partial charge in [-0.2, -0.15) is 0 Å². The molecule has 2 aromatic rings. The summed E-state index contributed by atoms with van der Waals surface area (Å²) in [5.74, 6) is 0.970. The number of piperazine rings is 1. The maximum Gasteiger partial charge on any atom is 0.236 e. The van der Waals surface area contributed by atoms with Gasteiger partial charge in [0.05, 0.1) is 26.3 Å². The van der Waals surface area contributed by atoms with E-state index < -0.39 is 0 Å². The fourth-order valence-corrected chi connectivity index (χ4v) is 3.38. The Labute approximate surface area is 147 Å². The number of benzene rings is 1. The number of morpholine rings is 1. The molecule has 2 aliphatic rings. The van der Waals surface area contributed by atoms with Crippen molar-refractivity contribution in [3.8, 4) is 0 Å². The summed E-state index contributed by atoms with van der Waals surface area (Å²) in [5, 5.41) is 0. The number of ether oxygens (including phenoxy) is 1. The van der Waals surface area contributed by atoms with E-state index in [0.29, 0.717) is 13.1 Å². The second kappa shape index (κ2) is 7.51. The fourth-order valence-electron chi connectivity index (χ4n) is 3.38. The molecular weight excluding hydrogens is 320 g/mol. The number of rotatable bonds is 4. The van der Waals surface area contributed by atoms with Crippen LogP contribution in [0.15, 0.2) is 28.7 Å². The smallest absolute Gasteiger partial charge is 0.236 e. The van der Waals surface area contributed by atoms with Gasteiger partial charge < -0.3 is 14.1 Å². The number of oxazole rings is 1. The van der Waals surface area contributed by atoms with E-state index in [1.54, 1.807) is 0 Å². The third-order valence-corrected chi connectivity index (χ3v) is 4.88. The molecule has 2 aliphatic heterocycles. The Morgan fingerprint density at radius 3 is 2.52 bits per heavy atom. The van der Waals surface area contributed by atoms with E-state index in [1.807, 2.05) is 29.2 Å². The molecular formula is C18H24N4O3. The van der Waals surface area contributed by atoms with E-state index in [-0.39, 0.29) is 5.91 Å². The molecule has 7 nitrogen and oxygen atoms in total. The van der Waals surface area contributed by atoms with Crippen LogP contribution in [0.3, 0.4) is 0 Å². The van der Waals surface area contributed by atoms with Crippen molar-refractivity contribution >= 4 is 17.0 Å². The Balaban J connectivity index is 1.26. The third kappa shape index (κ3) is 4.00. The Hall–Kier alpha value is -1.96. The van der Waals surface area contributed by atoms with Crippen molar-refractivity contribution in [2.75, 3.05) is 59.0 Å². The van der Waals surface area contributed by atoms with Crippen LogP contribution in [0, 0.1) is 0 Å². The minimum absolute atomic E-state index is 0.225. The minimum atomic E-state index is 0.225. The number of carbonyl (C=O) groups is 1. The molecule has 0 aliphatic carbocycles. The number of nitrogens with zero attached hydrogens (tertiary/aromatic N) is 4. The summed E-state index contributed by atoms with van der Waals surface area (Å²) in [6.07, 6.45) is 0. The predicted molar refractivity (Wildman–Crippen MR) is 93.1 cm³/mol. The van der Waals surface area contributed by atoms with Gasteiger partial charge in [0.2, 0.25) is 11.8 Å². The monoisotopic (exact) mass is 344 g/mol. The molecule has 4 rings (SSSR count). The number of hydrogen-bond acceptors (Lipinski definition) is 6. The molecule has 0 N–H and O–H groups in total. The Morgan fingerprint density at radius 2 is 1.76 bits per heavy atom. The summed E-state index contributed by atoms with van der Waals surface area (Å²) in [4.78, 5) is 23.4. The third-order valence-electron chi connectivity index (χ3n) is 4.88. The molecule has 1 aromatic carbocycles. The molecule has 2 saturated heterocycles. The second-order valence-corrected chi connectivity index (χ2v) is 6.62. The highest BCUT2D eigenvalue weighted by atomic mass is 16.5. The number of aromatic nitrogens is 1. The highest BCUT2D eigenvalue weighted by molar-refractivity contribution is 5.78. The van der Waals surface area contributed by atoms with Crippen molar-refractivity contribution in [1.82, 2.24) is 19.7 Å². The Morgan fingerprint density at radius 1 is 1.00 bits per heavy atom. The molecule has 0 radical (unpaired) electrons. The number of hydrogen-bond donors (Lipinski definition) is 0. The lowest BCUT2D eigenvalue weighted by Gasteiger charge is -2.35. The van der Waals surface area contributed by atoms with Crippen molar-refractivity contribution in [1.29, 1.82) is 0 Å². The lowest BCUT2D eigenvalue weighted by molar-refractivity contribution is -0.135. The first-order chi connectivity index (χ1) is 12.3. The van der Waals surface area contributed by atoms with Crippen LogP contribution in [0.2, 0.25) is 0 Å². The van der Waals surface area contributed by atoms with Crippen molar-refractivity contribution in [2.24, 2.45) is 0 Å². The molecule has 7 heteroatoms. The number of fused-ring (bicyclic) bond motifs is 1. The quantitative estimate of drug-likeness (QED) is 0.818. The van der Waals surface area contributed by atoms with Crippen LogP contribution in [0.25, 0.3) is 11.1 Å². The molecule has 3 heterocycles. The first kappa shape index (κ1) is 16.5. The molecule has 1 amide bonds. The molecule has 0 spiro atoms. The number of carbonyl (C=O) groups excluding carboxylic acids is 1. The maximum absolute atomic E-state index is 12.4. The van der Waals surface area contributed by atoms with Crippen LogP contribution in [0.5, 0.6) is 0 Å². The molecule has 25 heavy (non-hydrogen) atoms. The summed E-state index contributed by atoms with van der Waals surface area (Å²) < 4.78 is 11.1. The van der Waals surface area contributed by atoms with Gasteiger partial charge in [-0.25, -0.2) is 4.98 Å². The number of para-hydroxylation sites is 2. The molecule has 0 bridgehead atoms. The molecule has 134 valence electrons. The Kier molecular flexibility index (Phi) is 4.96. The maximum atomic E-state index is 12.4. The first-order valence-electron chi connectivity index (χ1n) is 8.92. The second-order valence-electron chi connectivity index (χ2n) is 6.62. The fraction of sp³-hybridized carbons (Fsp3) is 0.556. The van der Waals surface area contributed by atoms with Gasteiger partial charge in [-0.3, -0.25) is 14.6 Å². The highest BCUT2D eigenvalue weighted by Crippen LogP contribution is 2.16. The highest BCUT2D eigenvalue weighted by Gasteiger charge is 2.24. The molecule has 1 aromatic heterocycles. The Bertz CT molecular complexity index is 685. The first-order valence-corrected chi connectivity index (χ1v) is 8.92. The van der Waals surface area contributed by atoms with Crippen molar-refractivity contribution in [3.05, 3.63) is 30.2 Å². The molecule has 2 fully saturated rings. The van der Waals surface area contributed by atoms with E-state index in [4.69, 9.17) is 9.15 Å². The van der Waals surface area contributed by atoms with Gasteiger partial charge in [0.1, 0.15) is 5.52 Å². The van der Waals surface area contributed by atoms with Gasteiger partial charge >= 0.3 is 0 Å². The van der Waals surface area contributed by atoms with Crippen molar-refractivity contribution in [3.63, 3.8) is 0 Å². The van der Waals surface area contributed by atoms with Crippen LogP contribution in [-0.2, 0) is 16.1 Å². The van der Waals surface area contributed by atoms with Crippen molar-refractivity contribution < 1.29 is 13.9 Å². The van der Waals surface area contributed by atoms with Crippen LogP contribution < -0.4 is 0 Å². The van der Waals surface area contributed by atoms with Crippen molar-refractivity contribution in [2.45, 2.75) is 6.54 Å². The van der Waals surface area contributed by atoms with Gasteiger partial charge in [-0.1, -0.05) is 12.1 Å². The van der Waals surface area contributed by atoms with Crippen LogP contribution in [0.1, 0.15) is 5.89 Å². The van der Waals surface area contributed by atoms with Gasteiger partial charge in [-0.15, -0.1) is 0 Å². The van der Waals surface area contributed by atoms with E-state index in [0.717, 1.165) is 69.5 Å². The standard InChI is InChI=1S/C18H24N4O3/c23-18(14-21-9-11-24-12-10-21)22-7-5-20(6-8-22)13-17-19-15-3-1-2-4-16(15)25-17/h1-4H,5-14H2. The van der Waals surface area contributed by atoms with Gasteiger partial charge in [0.25, 0.3) is 0 Å². The van der Waals surface area contributed by atoms with E-state index >= 15 is 0 Å². The normalized spacial score (nSPS) is 20.2. The van der Waals surface area contributed by atoms with Crippen LogP contribution in [0.4, 0.5) is 0 Å².